The summed E-state index contributed by atoms with van der Waals surface area (Å²) in [5.41, 5.74) is 0.974. The molecule has 1 unspecified atom stereocenters. The fourth-order valence-corrected chi connectivity index (χ4v) is 1.41. The van der Waals surface area contributed by atoms with Crippen molar-refractivity contribution in [3.05, 3.63) is 18.0 Å². The van der Waals surface area contributed by atoms with Gasteiger partial charge in [-0.3, -0.25) is 0 Å². The van der Waals surface area contributed by atoms with E-state index in [9.17, 15) is 0 Å². The number of hydrogen-bond donors (Lipinski definition) is 2. The van der Waals surface area contributed by atoms with Gasteiger partial charge in [-0.2, -0.15) is 0 Å². The van der Waals surface area contributed by atoms with Gasteiger partial charge in [0.2, 0.25) is 0 Å². The number of nitrogens with zero attached hydrogens (tertiary/aromatic N) is 1. The Morgan fingerprint density at radius 2 is 2.75 bits per heavy atom. The van der Waals surface area contributed by atoms with E-state index in [0.29, 0.717) is 6.04 Å². The summed E-state index contributed by atoms with van der Waals surface area (Å²) in [6.45, 7) is 3.00. The third-order valence-electron chi connectivity index (χ3n) is 2.12. The molecule has 0 radical (unpaired) electrons. The van der Waals surface area contributed by atoms with Crippen molar-refractivity contribution >= 4 is 0 Å². The zero-order valence-electron chi connectivity index (χ0n) is 6.92. The van der Waals surface area contributed by atoms with Gasteiger partial charge in [0.1, 0.15) is 6.26 Å². The van der Waals surface area contributed by atoms with Crippen LogP contribution in [0, 0.1) is 0 Å². The van der Waals surface area contributed by atoms with Crippen molar-refractivity contribution in [2.24, 2.45) is 0 Å². The molecule has 0 amide bonds. The normalized spacial score (nSPS) is 23.2. The van der Waals surface area contributed by atoms with Crippen molar-refractivity contribution in [1.29, 1.82) is 0 Å². The van der Waals surface area contributed by atoms with E-state index in [2.05, 4.69) is 15.8 Å². The van der Waals surface area contributed by atoms with Crippen LogP contribution in [-0.4, -0.2) is 24.3 Å². The van der Waals surface area contributed by atoms with Gasteiger partial charge >= 0.3 is 0 Å². The lowest BCUT2D eigenvalue weighted by Gasteiger charge is -2.08. The summed E-state index contributed by atoms with van der Waals surface area (Å²) in [4.78, 5) is 0. The van der Waals surface area contributed by atoms with E-state index in [0.717, 1.165) is 25.3 Å². The molecule has 2 rings (SSSR count). The smallest absolute Gasteiger partial charge is 0.124 e. The van der Waals surface area contributed by atoms with Gasteiger partial charge in [0, 0.05) is 25.2 Å². The number of rotatable bonds is 3. The SMILES string of the molecule is c1cc(CNC2CCNC2)no1. The lowest BCUT2D eigenvalue weighted by atomic mass is 10.2. The van der Waals surface area contributed by atoms with Gasteiger partial charge in [0.15, 0.2) is 0 Å². The molecule has 0 spiro atoms. The lowest BCUT2D eigenvalue weighted by Crippen LogP contribution is -2.30. The van der Waals surface area contributed by atoms with Crippen LogP contribution in [0.1, 0.15) is 12.1 Å². The Morgan fingerprint density at radius 1 is 1.75 bits per heavy atom. The third kappa shape index (κ3) is 1.84. The molecule has 66 valence electrons. The first-order valence-corrected chi connectivity index (χ1v) is 4.28. The van der Waals surface area contributed by atoms with Gasteiger partial charge in [-0.15, -0.1) is 0 Å². The van der Waals surface area contributed by atoms with Gasteiger partial charge in [-0.1, -0.05) is 5.16 Å². The Bertz CT molecular complexity index is 216. The van der Waals surface area contributed by atoms with Crippen LogP contribution in [0.3, 0.4) is 0 Å². The van der Waals surface area contributed by atoms with Crippen LogP contribution in [0.15, 0.2) is 16.9 Å². The summed E-state index contributed by atoms with van der Waals surface area (Å²) in [5, 5.41) is 10.5. The second kappa shape index (κ2) is 3.69. The Balaban J connectivity index is 1.74. The number of aromatic nitrogens is 1. The molecule has 2 N–H and O–H groups in total. The molecule has 0 aromatic carbocycles. The zero-order chi connectivity index (χ0) is 8.23. The summed E-state index contributed by atoms with van der Waals surface area (Å²) in [6.07, 6.45) is 2.81. The highest BCUT2D eigenvalue weighted by atomic mass is 16.5. The molecule has 0 bridgehead atoms. The maximum Gasteiger partial charge on any atom is 0.124 e. The van der Waals surface area contributed by atoms with Crippen molar-refractivity contribution in [3.63, 3.8) is 0 Å². The monoisotopic (exact) mass is 167 g/mol. The minimum absolute atomic E-state index is 0.599. The highest BCUT2D eigenvalue weighted by molar-refractivity contribution is 4.95. The average molecular weight is 167 g/mol. The first-order valence-electron chi connectivity index (χ1n) is 4.28. The average Bonchev–Trinajstić information content (AvgIpc) is 2.74. The fourth-order valence-electron chi connectivity index (χ4n) is 1.41. The predicted octanol–water partition coefficient (Wildman–Crippen LogP) is 0.126. The van der Waals surface area contributed by atoms with Gasteiger partial charge in [0.25, 0.3) is 0 Å². The number of nitrogens with one attached hydrogen (secondary N) is 2. The highest BCUT2D eigenvalue weighted by Crippen LogP contribution is 1.99. The topological polar surface area (TPSA) is 50.1 Å². The predicted molar refractivity (Wildman–Crippen MR) is 44.6 cm³/mol. The molecule has 0 saturated carbocycles. The largest absolute Gasteiger partial charge is 0.364 e. The van der Waals surface area contributed by atoms with Crippen LogP contribution >= 0.6 is 0 Å². The van der Waals surface area contributed by atoms with E-state index in [-0.39, 0.29) is 0 Å². The molecule has 2 heterocycles. The first kappa shape index (κ1) is 7.76. The zero-order valence-corrected chi connectivity index (χ0v) is 6.92. The van der Waals surface area contributed by atoms with E-state index >= 15 is 0 Å². The van der Waals surface area contributed by atoms with Crippen molar-refractivity contribution < 1.29 is 4.52 Å². The molecule has 12 heavy (non-hydrogen) atoms. The Hall–Kier alpha value is -0.870. The summed E-state index contributed by atoms with van der Waals surface area (Å²) >= 11 is 0. The van der Waals surface area contributed by atoms with Crippen LogP contribution in [0.5, 0.6) is 0 Å². The minimum Gasteiger partial charge on any atom is -0.364 e. The molecular formula is C8H13N3O. The standard InChI is InChI=1S/C8H13N3O/c1-3-9-5-7(1)10-6-8-2-4-12-11-8/h2,4,7,9-10H,1,3,5-6H2. The van der Waals surface area contributed by atoms with Crippen LogP contribution < -0.4 is 10.6 Å². The van der Waals surface area contributed by atoms with Crippen molar-refractivity contribution in [2.75, 3.05) is 13.1 Å². The first-order chi connectivity index (χ1) is 5.95. The van der Waals surface area contributed by atoms with Gasteiger partial charge in [0.05, 0.1) is 5.69 Å². The van der Waals surface area contributed by atoms with Crippen LogP contribution in [0.4, 0.5) is 0 Å². The maximum absolute atomic E-state index is 4.72. The molecule has 1 fully saturated rings. The van der Waals surface area contributed by atoms with E-state index in [4.69, 9.17) is 4.52 Å². The van der Waals surface area contributed by atoms with Gasteiger partial charge < -0.3 is 15.2 Å². The summed E-state index contributed by atoms with van der Waals surface area (Å²) in [5.74, 6) is 0. The molecule has 1 aromatic rings. The third-order valence-corrected chi connectivity index (χ3v) is 2.12. The summed E-state index contributed by atoms with van der Waals surface area (Å²) < 4.78 is 4.72. The summed E-state index contributed by atoms with van der Waals surface area (Å²) in [6, 6.07) is 2.48. The van der Waals surface area contributed by atoms with E-state index in [1.165, 1.54) is 6.42 Å². The minimum atomic E-state index is 0.599. The summed E-state index contributed by atoms with van der Waals surface area (Å²) in [7, 11) is 0. The molecule has 1 aliphatic heterocycles. The molecule has 1 aromatic heterocycles. The fraction of sp³-hybridized carbons (Fsp3) is 0.625. The molecular weight excluding hydrogens is 154 g/mol. The quantitative estimate of drug-likeness (QED) is 0.671. The van der Waals surface area contributed by atoms with Gasteiger partial charge in [-0.25, -0.2) is 0 Å². The molecule has 1 saturated heterocycles. The van der Waals surface area contributed by atoms with Crippen LogP contribution in [-0.2, 0) is 6.54 Å². The molecule has 1 aliphatic rings. The Morgan fingerprint density at radius 3 is 3.42 bits per heavy atom. The second-order valence-electron chi connectivity index (χ2n) is 3.06. The Labute approximate surface area is 71.3 Å². The van der Waals surface area contributed by atoms with E-state index < -0.39 is 0 Å². The Kier molecular flexibility index (Phi) is 2.39. The maximum atomic E-state index is 4.72. The molecule has 4 nitrogen and oxygen atoms in total. The number of hydrogen-bond acceptors (Lipinski definition) is 4. The second-order valence-corrected chi connectivity index (χ2v) is 3.06. The van der Waals surface area contributed by atoms with E-state index in [1.54, 1.807) is 6.26 Å². The van der Waals surface area contributed by atoms with Crippen molar-refractivity contribution in [1.82, 2.24) is 15.8 Å². The molecule has 0 aliphatic carbocycles. The molecule has 1 atom stereocenters. The lowest BCUT2D eigenvalue weighted by molar-refractivity contribution is 0.405. The van der Waals surface area contributed by atoms with Crippen LogP contribution in [0.2, 0.25) is 0 Å². The van der Waals surface area contributed by atoms with Crippen molar-refractivity contribution in [3.8, 4) is 0 Å². The van der Waals surface area contributed by atoms with Crippen molar-refractivity contribution in [2.45, 2.75) is 19.0 Å². The van der Waals surface area contributed by atoms with Crippen LogP contribution in [0.25, 0.3) is 0 Å². The van der Waals surface area contributed by atoms with Gasteiger partial charge in [-0.05, 0) is 13.0 Å². The molecule has 4 heteroatoms. The van der Waals surface area contributed by atoms with E-state index in [1.807, 2.05) is 6.07 Å². The highest BCUT2D eigenvalue weighted by Gasteiger charge is 2.13.